The van der Waals surface area contributed by atoms with Crippen molar-refractivity contribution >= 4 is 44.1 Å². The minimum absolute atomic E-state index is 0.237. The van der Waals surface area contributed by atoms with Gasteiger partial charge in [0.15, 0.2) is 5.75 Å². The average Bonchev–Trinajstić information content (AvgIpc) is 3.70. The lowest BCUT2D eigenvalue weighted by molar-refractivity contribution is -0.134. The Kier molecular flexibility index (Phi) is 8.02. The topological polar surface area (TPSA) is 113 Å². The Morgan fingerprint density at radius 2 is 1.69 bits per heavy atom. The van der Waals surface area contributed by atoms with Crippen LogP contribution in [0.2, 0.25) is 0 Å². The molecule has 2 fully saturated rings. The second kappa shape index (κ2) is 11.3. The van der Waals surface area contributed by atoms with Crippen LogP contribution in [0.4, 0.5) is 11.4 Å². The van der Waals surface area contributed by atoms with Crippen molar-refractivity contribution in [2.75, 3.05) is 49.6 Å². The van der Waals surface area contributed by atoms with E-state index in [1.54, 1.807) is 6.07 Å². The summed E-state index contributed by atoms with van der Waals surface area (Å²) in [6.07, 6.45) is 3.13. The van der Waals surface area contributed by atoms with Crippen LogP contribution < -0.4 is 14.8 Å². The highest BCUT2D eigenvalue weighted by Gasteiger charge is 2.34. The van der Waals surface area contributed by atoms with Crippen LogP contribution in [0.1, 0.15) is 55.2 Å². The standard InChI is InChI=1S/C31H41N5O5S/c1-31(2,3)23-17-24(28(41-5)25(18-23)33-42(6,39)40)32-29(37)26-16-21-8-7-9-22(27(21)34(26)4)19-35-12-14-36(15-13-35)30(38)20-10-11-20/h7-9,16-18,20,33H,10-15,19H2,1-6H3,(H,32,37). The number of ether oxygens (including phenoxy) is 1. The van der Waals surface area contributed by atoms with Crippen molar-refractivity contribution in [2.24, 2.45) is 13.0 Å². The first kappa shape index (κ1) is 29.9. The second-order valence-corrected chi connectivity index (χ2v) is 14.3. The van der Waals surface area contributed by atoms with E-state index in [1.165, 1.54) is 7.11 Å². The van der Waals surface area contributed by atoms with Crippen LogP contribution in [-0.4, -0.2) is 74.1 Å². The number of sulfonamides is 1. The van der Waals surface area contributed by atoms with Crippen LogP contribution in [0.25, 0.3) is 10.9 Å². The highest BCUT2D eigenvalue weighted by atomic mass is 32.2. The van der Waals surface area contributed by atoms with Crippen molar-refractivity contribution in [3.05, 3.63) is 53.2 Å². The number of amides is 2. The Morgan fingerprint density at radius 1 is 1.02 bits per heavy atom. The fourth-order valence-electron chi connectivity index (χ4n) is 5.64. The van der Waals surface area contributed by atoms with E-state index in [0.29, 0.717) is 17.3 Å². The fraction of sp³-hybridized carbons (Fsp3) is 0.484. The maximum Gasteiger partial charge on any atom is 0.272 e. The van der Waals surface area contributed by atoms with E-state index in [-0.39, 0.29) is 28.7 Å². The molecule has 2 heterocycles. The third-order valence-corrected chi connectivity index (χ3v) is 8.67. The molecule has 3 aromatic rings. The first-order chi connectivity index (χ1) is 19.7. The van der Waals surface area contributed by atoms with Gasteiger partial charge in [-0.3, -0.25) is 19.2 Å². The smallest absolute Gasteiger partial charge is 0.272 e. The summed E-state index contributed by atoms with van der Waals surface area (Å²) in [7, 11) is -0.263. The van der Waals surface area contributed by atoms with Gasteiger partial charge in [-0.05, 0) is 47.6 Å². The molecule has 42 heavy (non-hydrogen) atoms. The Hall–Kier alpha value is -3.57. The van der Waals surface area contributed by atoms with E-state index in [4.69, 9.17) is 4.74 Å². The van der Waals surface area contributed by atoms with Crippen LogP contribution in [0, 0.1) is 5.92 Å². The highest BCUT2D eigenvalue weighted by Crippen LogP contribution is 2.39. The molecule has 0 spiro atoms. The van der Waals surface area contributed by atoms with Gasteiger partial charge in [0.25, 0.3) is 5.91 Å². The number of hydrogen-bond donors (Lipinski definition) is 2. The number of aryl methyl sites for hydroxylation is 1. The molecule has 2 aliphatic rings. The molecule has 5 rings (SSSR count). The van der Waals surface area contributed by atoms with Crippen LogP contribution >= 0.6 is 0 Å². The van der Waals surface area contributed by atoms with E-state index in [1.807, 2.05) is 61.6 Å². The van der Waals surface area contributed by atoms with Gasteiger partial charge in [0, 0.05) is 51.1 Å². The molecule has 2 N–H and O–H groups in total. The van der Waals surface area contributed by atoms with E-state index in [9.17, 15) is 18.0 Å². The third-order valence-electron chi connectivity index (χ3n) is 8.08. The monoisotopic (exact) mass is 595 g/mol. The molecule has 2 aromatic carbocycles. The van der Waals surface area contributed by atoms with Gasteiger partial charge in [-0.2, -0.15) is 0 Å². The van der Waals surface area contributed by atoms with Crippen LogP contribution in [0.15, 0.2) is 36.4 Å². The van der Waals surface area contributed by atoms with Crippen LogP contribution in [0.5, 0.6) is 5.75 Å². The number of fused-ring (bicyclic) bond motifs is 1. The van der Waals surface area contributed by atoms with Crippen molar-refractivity contribution in [3.8, 4) is 5.75 Å². The van der Waals surface area contributed by atoms with Crippen molar-refractivity contribution in [1.82, 2.24) is 14.4 Å². The number of benzene rings is 2. The van der Waals surface area contributed by atoms with Gasteiger partial charge in [-0.1, -0.05) is 39.0 Å². The molecule has 1 aliphatic heterocycles. The molecule has 2 amide bonds. The predicted octanol–water partition coefficient (Wildman–Crippen LogP) is 4.16. The number of nitrogens with one attached hydrogen (secondary N) is 2. The third kappa shape index (κ3) is 6.42. The number of piperazine rings is 1. The van der Waals surface area contributed by atoms with E-state index >= 15 is 0 Å². The maximum absolute atomic E-state index is 13.7. The largest absolute Gasteiger partial charge is 0.492 e. The van der Waals surface area contributed by atoms with Crippen LogP contribution in [0.3, 0.4) is 0 Å². The number of aromatic nitrogens is 1. The van der Waals surface area contributed by atoms with Crippen LogP contribution in [-0.2, 0) is 33.8 Å². The molecular weight excluding hydrogens is 554 g/mol. The zero-order valence-electron chi connectivity index (χ0n) is 25.3. The minimum atomic E-state index is -3.59. The first-order valence-electron chi connectivity index (χ1n) is 14.4. The lowest BCUT2D eigenvalue weighted by Crippen LogP contribution is -2.48. The van der Waals surface area contributed by atoms with Gasteiger partial charge < -0.3 is 19.5 Å². The van der Waals surface area contributed by atoms with E-state index in [0.717, 1.165) is 73.9 Å². The number of para-hydroxylation sites is 1. The SMILES string of the molecule is COc1c(NC(=O)c2cc3cccc(CN4CCN(C(=O)C5CC5)CC4)c3n2C)cc(C(C)(C)C)cc1NS(C)(=O)=O. The van der Waals surface area contributed by atoms with E-state index < -0.39 is 10.0 Å². The summed E-state index contributed by atoms with van der Waals surface area (Å²) >= 11 is 0. The molecule has 226 valence electrons. The maximum atomic E-state index is 13.7. The number of methoxy groups -OCH3 is 1. The zero-order chi connectivity index (χ0) is 30.4. The van der Waals surface area contributed by atoms with Crippen molar-refractivity contribution in [2.45, 2.75) is 45.6 Å². The second-order valence-electron chi connectivity index (χ2n) is 12.5. The average molecular weight is 596 g/mol. The molecular formula is C31H41N5O5S. The molecule has 1 aliphatic carbocycles. The Morgan fingerprint density at radius 3 is 2.29 bits per heavy atom. The number of hydrogen-bond acceptors (Lipinski definition) is 6. The molecule has 0 bridgehead atoms. The van der Waals surface area contributed by atoms with Crippen molar-refractivity contribution in [1.29, 1.82) is 0 Å². The van der Waals surface area contributed by atoms with Gasteiger partial charge in [0.1, 0.15) is 5.69 Å². The van der Waals surface area contributed by atoms with E-state index in [2.05, 4.69) is 21.0 Å². The van der Waals surface area contributed by atoms with Gasteiger partial charge in [-0.25, -0.2) is 8.42 Å². The lowest BCUT2D eigenvalue weighted by atomic mass is 9.86. The highest BCUT2D eigenvalue weighted by molar-refractivity contribution is 7.92. The summed E-state index contributed by atoms with van der Waals surface area (Å²) in [5.41, 5.74) is 3.73. The predicted molar refractivity (Wildman–Crippen MR) is 166 cm³/mol. The van der Waals surface area contributed by atoms with Crippen molar-refractivity contribution < 1.29 is 22.7 Å². The number of carbonyl (C=O) groups excluding carboxylic acids is 2. The molecule has 1 aromatic heterocycles. The molecule has 11 heteroatoms. The molecule has 0 radical (unpaired) electrons. The summed E-state index contributed by atoms with van der Waals surface area (Å²) in [6, 6.07) is 11.5. The van der Waals surface area contributed by atoms with Gasteiger partial charge in [0.2, 0.25) is 15.9 Å². The van der Waals surface area contributed by atoms with Gasteiger partial charge >= 0.3 is 0 Å². The molecule has 0 unspecified atom stereocenters. The Labute approximate surface area is 248 Å². The number of rotatable bonds is 8. The Bertz CT molecular complexity index is 1630. The quantitative estimate of drug-likeness (QED) is 0.405. The molecule has 0 atom stereocenters. The first-order valence-corrected chi connectivity index (χ1v) is 16.2. The normalized spacial score (nSPS) is 16.5. The summed E-state index contributed by atoms with van der Waals surface area (Å²) in [4.78, 5) is 30.5. The molecule has 10 nitrogen and oxygen atoms in total. The summed E-state index contributed by atoms with van der Waals surface area (Å²) in [6.45, 7) is 9.91. The number of nitrogens with zero attached hydrogens (tertiary/aromatic N) is 3. The Balaban J connectivity index is 1.40. The summed E-state index contributed by atoms with van der Waals surface area (Å²) in [5.74, 6) is 0.456. The minimum Gasteiger partial charge on any atom is -0.492 e. The summed E-state index contributed by atoms with van der Waals surface area (Å²) in [5, 5.41) is 3.94. The number of anilines is 2. The van der Waals surface area contributed by atoms with Crippen molar-refractivity contribution in [3.63, 3.8) is 0 Å². The number of carbonyl (C=O) groups is 2. The summed E-state index contributed by atoms with van der Waals surface area (Å²) < 4.78 is 34.2. The molecule has 1 saturated heterocycles. The van der Waals surface area contributed by atoms with Gasteiger partial charge in [0.05, 0.1) is 30.3 Å². The zero-order valence-corrected chi connectivity index (χ0v) is 26.1. The fourth-order valence-corrected chi connectivity index (χ4v) is 6.19. The van der Waals surface area contributed by atoms with Gasteiger partial charge in [-0.15, -0.1) is 0 Å². The lowest BCUT2D eigenvalue weighted by Gasteiger charge is -2.35. The molecule has 1 saturated carbocycles.